The van der Waals surface area contributed by atoms with E-state index < -0.39 is 0 Å². The lowest BCUT2D eigenvalue weighted by molar-refractivity contribution is -0.0757. The molecular weight excluding hydrogens is 284 g/mol. The largest absolute Gasteiger partial charge is 0.395 e. The zero-order valence-electron chi connectivity index (χ0n) is 12.5. The van der Waals surface area contributed by atoms with Crippen LogP contribution in [0.15, 0.2) is 18.6 Å². The lowest BCUT2D eigenvalue weighted by atomic mass is 10.0. The molecule has 0 spiro atoms. The van der Waals surface area contributed by atoms with Crippen molar-refractivity contribution in [2.75, 3.05) is 32.8 Å². The molecule has 3 rings (SSSR count). The van der Waals surface area contributed by atoms with Crippen molar-refractivity contribution in [2.45, 2.75) is 25.0 Å². The third-order valence-electron chi connectivity index (χ3n) is 4.54. The number of carbonyl (C=O) groups is 1. The maximum atomic E-state index is 12.0. The Balaban J connectivity index is 1.54. The number of aliphatic hydroxyl groups is 1. The van der Waals surface area contributed by atoms with Crippen LogP contribution in [0.4, 0.5) is 0 Å². The van der Waals surface area contributed by atoms with E-state index in [4.69, 9.17) is 9.84 Å². The second-order valence-corrected chi connectivity index (χ2v) is 5.80. The van der Waals surface area contributed by atoms with E-state index in [0.29, 0.717) is 37.4 Å². The number of carbonyl (C=O) groups excluding carboxylic acids is 1. The van der Waals surface area contributed by atoms with Gasteiger partial charge in [0, 0.05) is 44.0 Å². The highest BCUT2D eigenvalue weighted by Crippen LogP contribution is 2.34. The normalized spacial score (nSPS) is 28.3. The van der Waals surface area contributed by atoms with Crippen molar-refractivity contribution in [1.82, 2.24) is 20.2 Å². The summed E-state index contributed by atoms with van der Waals surface area (Å²) in [5.41, 5.74) is 0.337. The summed E-state index contributed by atoms with van der Waals surface area (Å²) < 4.78 is 5.93. The Morgan fingerprint density at radius 3 is 3.14 bits per heavy atom. The summed E-state index contributed by atoms with van der Waals surface area (Å²) in [6.07, 6.45) is 6.74. The first-order valence-corrected chi connectivity index (χ1v) is 7.80. The minimum absolute atomic E-state index is 0.141. The fraction of sp³-hybridized carbons (Fsp3) is 0.667. The van der Waals surface area contributed by atoms with Gasteiger partial charge in [-0.3, -0.25) is 14.7 Å². The SMILES string of the molecule is O=C(NC[C@@H]1CC[C@@H]2[C@H]1OCCN2CCO)c1cnccn1. The zero-order chi connectivity index (χ0) is 15.4. The molecule has 3 atom stereocenters. The van der Waals surface area contributed by atoms with Crippen LogP contribution in [0.25, 0.3) is 0 Å². The molecule has 1 aromatic rings. The molecule has 2 aliphatic rings. The van der Waals surface area contributed by atoms with E-state index in [1.807, 2.05) is 0 Å². The van der Waals surface area contributed by atoms with Gasteiger partial charge in [0.15, 0.2) is 0 Å². The number of hydrogen-bond acceptors (Lipinski definition) is 6. The Kier molecular flexibility index (Phi) is 4.97. The zero-order valence-corrected chi connectivity index (χ0v) is 12.5. The van der Waals surface area contributed by atoms with Gasteiger partial charge in [-0.05, 0) is 12.8 Å². The lowest BCUT2D eigenvalue weighted by Crippen LogP contribution is -2.52. The van der Waals surface area contributed by atoms with Gasteiger partial charge in [0.1, 0.15) is 5.69 Å². The second-order valence-electron chi connectivity index (χ2n) is 5.80. The average Bonchev–Trinajstić information content (AvgIpc) is 2.98. The number of hydrogen-bond donors (Lipinski definition) is 2. The molecule has 7 heteroatoms. The number of nitrogens with zero attached hydrogens (tertiary/aromatic N) is 3. The Labute approximate surface area is 129 Å². The average molecular weight is 306 g/mol. The first-order chi connectivity index (χ1) is 10.8. The standard InChI is InChI=1S/C15H22N4O3/c20-7-5-19-6-8-22-14-11(1-2-13(14)19)9-18-15(21)12-10-16-3-4-17-12/h3-4,10-11,13-14,20H,1-2,5-9H2,(H,18,21)/t11-,13+,14-/m0/s1. The number of aliphatic hydroxyl groups excluding tert-OH is 1. The van der Waals surface area contributed by atoms with E-state index in [1.54, 1.807) is 6.20 Å². The lowest BCUT2D eigenvalue weighted by Gasteiger charge is -2.39. The summed E-state index contributed by atoms with van der Waals surface area (Å²) in [7, 11) is 0. The Morgan fingerprint density at radius 2 is 2.36 bits per heavy atom. The van der Waals surface area contributed by atoms with Crippen molar-refractivity contribution in [3.05, 3.63) is 24.3 Å². The van der Waals surface area contributed by atoms with Crippen LogP contribution in [0.5, 0.6) is 0 Å². The van der Waals surface area contributed by atoms with Crippen LogP contribution in [0, 0.1) is 5.92 Å². The highest BCUT2D eigenvalue weighted by atomic mass is 16.5. The van der Waals surface area contributed by atoms with E-state index in [2.05, 4.69) is 20.2 Å². The third-order valence-corrected chi connectivity index (χ3v) is 4.54. The number of aromatic nitrogens is 2. The van der Waals surface area contributed by atoms with Gasteiger partial charge in [-0.1, -0.05) is 0 Å². The van der Waals surface area contributed by atoms with Crippen molar-refractivity contribution >= 4 is 5.91 Å². The van der Waals surface area contributed by atoms with Crippen LogP contribution in [0.2, 0.25) is 0 Å². The van der Waals surface area contributed by atoms with Crippen LogP contribution < -0.4 is 5.32 Å². The van der Waals surface area contributed by atoms with Crippen molar-refractivity contribution < 1.29 is 14.6 Å². The minimum atomic E-state index is -0.195. The van der Waals surface area contributed by atoms with Crippen molar-refractivity contribution in [3.63, 3.8) is 0 Å². The molecule has 120 valence electrons. The van der Waals surface area contributed by atoms with Crippen LogP contribution in [-0.2, 0) is 4.74 Å². The maximum absolute atomic E-state index is 12.0. The van der Waals surface area contributed by atoms with Crippen molar-refractivity contribution in [2.24, 2.45) is 5.92 Å². The molecule has 7 nitrogen and oxygen atoms in total. The molecule has 0 unspecified atom stereocenters. The topological polar surface area (TPSA) is 87.6 Å². The van der Waals surface area contributed by atoms with Gasteiger partial charge in [0.05, 0.1) is 25.5 Å². The van der Waals surface area contributed by atoms with Gasteiger partial charge in [-0.25, -0.2) is 4.98 Å². The molecule has 1 saturated carbocycles. The van der Waals surface area contributed by atoms with Crippen molar-refractivity contribution in [1.29, 1.82) is 0 Å². The van der Waals surface area contributed by atoms with E-state index >= 15 is 0 Å². The number of amides is 1. The number of nitrogens with one attached hydrogen (secondary N) is 1. The number of ether oxygens (including phenoxy) is 1. The third kappa shape index (κ3) is 3.26. The molecule has 2 heterocycles. The predicted octanol–water partition coefficient (Wildman–Crippen LogP) is -0.322. The van der Waals surface area contributed by atoms with E-state index in [9.17, 15) is 4.79 Å². The van der Waals surface area contributed by atoms with Crippen LogP contribution in [0.3, 0.4) is 0 Å². The molecule has 1 saturated heterocycles. The highest BCUT2D eigenvalue weighted by molar-refractivity contribution is 5.91. The number of morpholine rings is 1. The maximum Gasteiger partial charge on any atom is 0.271 e. The molecule has 22 heavy (non-hydrogen) atoms. The molecule has 0 aromatic carbocycles. The van der Waals surface area contributed by atoms with E-state index in [-0.39, 0.29) is 18.6 Å². The summed E-state index contributed by atoms with van der Waals surface area (Å²) in [5.74, 6) is 0.117. The first kappa shape index (κ1) is 15.3. The fourth-order valence-electron chi connectivity index (χ4n) is 3.49. The summed E-state index contributed by atoms with van der Waals surface area (Å²) >= 11 is 0. The highest BCUT2D eigenvalue weighted by Gasteiger charge is 2.42. The van der Waals surface area contributed by atoms with Gasteiger partial charge in [-0.2, -0.15) is 0 Å². The van der Waals surface area contributed by atoms with Crippen LogP contribution >= 0.6 is 0 Å². The molecule has 1 aliphatic carbocycles. The molecule has 0 radical (unpaired) electrons. The smallest absolute Gasteiger partial charge is 0.271 e. The van der Waals surface area contributed by atoms with E-state index in [1.165, 1.54) is 12.4 Å². The predicted molar refractivity (Wildman–Crippen MR) is 79.3 cm³/mol. The number of β-amino-alcohol motifs (C(OH)–C–C–N with tert-alkyl or cyclic N) is 1. The Hall–Kier alpha value is -1.57. The Bertz CT molecular complexity index is 497. The first-order valence-electron chi connectivity index (χ1n) is 7.80. The molecule has 1 aliphatic heterocycles. The summed E-state index contributed by atoms with van der Waals surface area (Å²) in [6.45, 7) is 3.03. The minimum Gasteiger partial charge on any atom is -0.395 e. The van der Waals surface area contributed by atoms with Gasteiger partial charge in [0.2, 0.25) is 0 Å². The van der Waals surface area contributed by atoms with Crippen molar-refractivity contribution in [3.8, 4) is 0 Å². The quantitative estimate of drug-likeness (QED) is 0.775. The van der Waals surface area contributed by atoms with Gasteiger partial charge in [-0.15, -0.1) is 0 Å². The molecule has 0 bridgehead atoms. The number of fused-ring (bicyclic) bond motifs is 1. The summed E-state index contributed by atoms with van der Waals surface area (Å²) in [4.78, 5) is 22.2. The fourth-order valence-corrected chi connectivity index (χ4v) is 3.49. The van der Waals surface area contributed by atoms with Gasteiger partial charge >= 0.3 is 0 Å². The molecule has 1 amide bonds. The van der Waals surface area contributed by atoms with Gasteiger partial charge < -0.3 is 15.2 Å². The Morgan fingerprint density at radius 1 is 1.45 bits per heavy atom. The molecular formula is C15H22N4O3. The summed E-state index contributed by atoms with van der Waals surface area (Å²) in [6, 6.07) is 0.360. The molecule has 1 aromatic heterocycles. The monoisotopic (exact) mass is 306 g/mol. The number of rotatable bonds is 5. The summed E-state index contributed by atoms with van der Waals surface area (Å²) in [5, 5.41) is 12.1. The van der Waals surface area contributed by atoms with Crippen LogP contribution in [-0.4, -0.2) is 70.9 Å². The molecule has 2 fully saturated rings. The van der Waals surface area contributed by atoms with Gasteiger partial charge in [0.25, 0.3) is 5.91 Å². The van der Waals surface area contributed by atoms with E-state index in [0.717, 1.165) is 19.4 Å². The molecule has 2 N–H and O–H groups in total. The second kappa shape index (κ2) is 7.13. The van der Waals surface area contributed by atoms with Crippen LogP contribution in [0.1, 0.15) is 23.3 Å².